The van der Waals surface area contributed by atoms with Crippen molar-refractivity contribution >= 4 is 15.7 Å². The molecule has 0 spiro atoms. The SMILES string of the molecule is CC1CN(C(=O)Cc2ccc(C(F)(F)F)cc2)C(C)CC1CS(=O)(=O)C(C)C. The van der Waals surface area contributed by atoms with Gasteiger partial charge >= 0.3 is 6.18 Å². The Balaban J connectivity index is 2.02. The molecule has 8 heteroatoms. The van der Waals surface area contributed by atoms with Crippen molar-refractivity contribution in [1.82, 2.24) is 4.90 Å². The molecule has 3 unspecified atom stereocenters. The van der Waals surface area contributed by atoms with Crippen molar-refractivity contribution in [2.24, 2.45) is 11.8 Å². The molecule has 1 amide bonds. The maximum Gasteiger partial charge on any atom is 0.416 e. The summed E-state index contributed by atoms with van der Waals surface area (Å²) < 4.78 is 62.4. The number of amides is 1. The summed E-state index contributed by atoms with van der Waals surface area (Å²) in [4.78, 5) is 14.4. The molecule has 0 bridgehead atoms. The van der Waals surface area contributed by atoms with E-state index in [2.05, 4.69) is 0 Å². The van der Waals surface area contributed by atoms with E-state index in [9.17, 15) is 26.4 Å². The number of alkyl halides is 3. The minimum atomic E-state index is -4.40. The molecule has 2 rings (SSSR count). The highest BCUT2D eigenvalue weighted by atomic mass is 32.2. The van der Waals surface area contributed by atoms with Gasteiger partial charge in [0.15, 0.2) is 9.84 Å². The van der Waals surface area contributed by atoms with Gasteiger partial charge in [0.05, 0.1) is 23.0 Å². The maximum absolute atomic E-state index is 12.7. The van der Waals surface area contributed by atoms with Crippen molar-refractivity contribution in [1.29, 1.82) is 0 Å². The van der Waals surface area contributed by atoms with Crippen molar-refractivity contribution in [3.8, 4) is 0 Å². The number of benzene rings is 1. The van der Waals surface area contributed by atoms with Gasteiger partial charge in [-0.15, -0.1) is 0 Å². The van der Waals surface area contributed by atoms with Crippen LogP contribution in [-0.4, -0.2) is 42.8 Å². The van der Waals surface area contributed by atoms with Crippen molar-refractivity contribution in [2.75, 3.05) is 12.3 Å². The van der Waals surface area contributed by atoms with Crippen LogP contribution in [0.1, 0.15) is 45.2 Å². The number of hydrogen-bond donors (Lipinski definition) is 0. The van der Waals surface area contributed by atoms with Gasteiger partial charge in [-0.1, -0.05) is 19.1 Å². The highest BCUT2D eigenvalue weighted by Gasteiger charge is 2.36. The Morgan fingerprint density at radius 2 is 1.75 bits per heavy atom. The molecule has 0 aromatic heterocycles. The van der Waals surface area contributed by atoms with Crippen molar-refractivity contribution in [3.63, 3.8) is 0 Å². The van der Waals surface area contributed by atoms with Crippen molar-refractivity contribution in [2.45, 2.75) is 58.0 Å². The van der Waals surface area contributed by atoms with Crippen LogP contribution in [0.5, 0.6) is 0 Å². The second kappa shape index (κ2) is 8.43. The summed E-state index contributed by atoms with van der Waals surface area (Å²) in [6, 6.07) is 4.52. The topological polar surface area (TPSA) is 54.5 Å². The molecule has 0 saturated carbocycles. The maximum atomic E-state index is 12.7. The van der Waals surface area contributed by atoms with Gasteiger partial charge in [0.2, 0.25) is 5.91 Å². The standard InChI is InChI=1S/C20H28F3NO3S/c1-13(2)28(26,27)12-17-9-15(4)24(11-14(17)3)19(25)10-16-5-7-18(8-6-16)20(21,22)23/h5-8,13-15,17H,9-12H2,1-4H3. The molecule has 158 valence electrons. The molecule has 4 nitrogen and oxygen atoms in total. The third kappa shape index (κ3) is 5.49. The van der Waals surface area contributed by atoms with Crippen LogP contribution in [0.25, 0.3) is 0 Å². The van der Waals surface area contributed by atoms with Gasteiger partial charge in [-0.2, -0.15) is 13.2 Å². The Kier molecular flexibility index (Phi) is 6.84. The number of piperidine rings is 1. The van der Waals surface area contributed by atoms with Gasteiger partial charge in [0.1, 0.15) is 0 Å². The molecular weight excluding hydrogens is 391 g/mol. The van der Waals surface area contributed by atoms with Crippen LogP contribution in [0.4, 0.5) is 13.2 Å². The number of halogens is 3. The third-order valence-corrected chi connectivity index (χ3v) is 7.92. The zero-order valence-electron chi connectivity index (χ0n) is 16.7. The van der Waals surface area contributed by atoms with E-state index in [0.29, 0.717) is 18.5 Å². The highest BCUT2D eigenvalue weighted by molar-refractivity contribution is 7.91. The van der Waals surface area contributed by atoms with Gasteiger partial charge < -0.3 is 4.90 Å². The fourth-order valence-electron chi connectivity index (χ4n) is 3.60. The number of likely N-dealkylation sites (tertiary alicyclic amines) is 1. The lowest BCUT2D eigenvalue weighted by atomic mass is 9.84. The Morgan fingerprint density at radius 3 is 2.25 bits per heavy atom. The van der Waals surface area contributed by atoms with Crippen LogP contribution in [0.3, 0.4) is 0 Å². The number of nitrogens with zero attached hydrogens (tertiary/aromatic N) is 1. The van der Waals surface area contributed by atoms with Crippen LogP contribution >= 0.6 is 0 Å². The molecule has 1 heterocycles. The minimum Gasteiger partial charge on any atom is -0.339 e. The predicted molar refractivity (Wildman–Crippen MR) is 103 cm³/mol. The van der Waals surface area contributed by atoms with E-state index in [0.717, 1.165) is 12.1 Å². The zero-order chi connectivity index (χ0) is 21.3. The summed E-state index contributed by atoms with van der Waals surface area (Å²) in [5.74, 6) is 0.0139. The van der Waals surface area contributed by atoms with Crippen LogP contribution < -0.4 is 0 Å². The smallest absolute Gasteiger partial charge is 0.339 e. The number of carbonyl (C=O) groups excluding carboxylic acids is 1. The molecule has 0 aliphatic carbocycles. The Bertz CT molecular complexity index is 788. The molecule has 1 saturated heterocycles. The Hall–Kier alpha value is -1.57. The molecule has 1 aliphatic rings. The molecular formula is C20H28F3NO3S. The molecule has 0 radical (unpaired) electrons. The number of hydrogen-bond acceptors (Lipinski definition) is 3. The van der Waals surface area contributed by atoms with Gasteiger partial charge in [-0.3, -0.25) is 4.79 Å². The lowest BCUT2D eigenvalue weighted by Crippen LogP contribution is -2.50. The summed E-state index contributed by atoms with van der Waals surface area (Å²) in [6.07, 6.45) is -3.76. The van der Waals surface area contributed by atoms with E-state index < -0.39 is 26.8 Å². The predicted octanol–water partition coefficient (Wildman–Crippen LogP) is 3.94. The highest BCUT2D eigenvalue weighted by Crippen LogP contribution is 2.31. The normalized spacial score (nSPS) is 23.9. The Morgan fingerprint density at radius 1 is 1.18 bits per heavy atom. The summed E-state index contributed by atoms with van der Waals surface area (Å²) in [5, 5.41) is -0.422. The first kappa shape index (κ1) is 22.7. The first-order valence-corrected chi connectivity index (χ1v) is 11.2. The van der Waals surface area contributed by atoms with E-state index in [4.69, 9.17) is 0 Å². The zero-order valence-corrected chi connectivity index (χ0v) is 17.5. The van der Waals surface area contributed by atoms with Crippen LogP contribution in [0.2, 0.25) is 0 Å². The monoisotopic (exact) mass is 419 g/mol. The van der Waals surface area contributed by atoms with Crippen molar-refractivity contribution in [3.05, 3.63) is 35.4 Å². The molecule has 28 heavy (non-hydrogen) atoms. The molecule has 3 atom stereocenters. The molecule has 1 aliphatic heterocycles. The van der Waals surface area contributed by atoms with Gasteiger partial charge in [-0.05, 0) is 56.7 Å². The molecule has 0 N–H and O–H groups in total. The summed E-state index contributed by atoms with van der Waals surface area (Å²) in [6.45, 7) is 7.65. The average Bonchev–Trinajstić information content (AvgIpc) is 2.57. The summed E-state index contributed by atoms with van der Waals surface area (Å²) in [5.41, 5.74) is -0.208. The fourth-order valence-corrected chi connectivity index (χ4v) is 5.04. The molecule has 1 aromatic rings. The van der Waals surface area contributed by atoms with Crippen LogP contribution in [-0.2, 0) is 27.2 Å². The van der Waals surface area contributed by atoms with E-state index in [1.807, 2.05) is 13.8 Å². The first-order chi connectivity index (χ1) is 12.8. The van der Waals surface area contributed by atoms with E-state index >= 15 is 0 Å². The van der Waals surface area contributed by atoms with Gasteiger partial charge in [0.25, 0.3) is 0 Å². The largest absolute Gasteiger partial charge is 0.416 e. The second-order valence-corrected chi connectivity index (χ2v) is 10.7. The number of carbonyl (C=O) groups is 1. The molecule has 1 fully saturated rings. The van der Waals surface area contributed by atoms with Gasteiger partial charge in [0, 0.05) is 12.6 Å². The fraction of sp³-hybridized carbons (Fsp3) is 0.650. The van der Waals surface area contributed by atoms with Crippen molar-refractivity contribution < 1.29 is 26.4 Å². The van der Waals surface area contributed by atoms with E-state index in [1.54, 1.807) is 18.7 Å². The third-order valence-electron chi connectivity index (χ3n) is 5.59. The van der Waals surface area contributed by atoms with E-state index in [-0.39, 0.29) is 36.0 Å². The quantitative estimate of drug-likeness (QED) is 0.726. The number of rotatable bonds is 5. The van der Waals surface area contributed by atoms with Gasteiger partial charge in [-0.25, -0.2) is 8.42 Å². The minimum absolute atomic E-state index is 0.00230. The molecule has 1 aromatic carbocycles. The first-order valence-electron chi connectivity index (χ1n) is 9.48. The Labute approximate surface area is 165 Å². The lowest BCUT2D eigenvalue weighted by molar-refractivity contribution is -0.137. The van der Waals surface area contributed by atoms with E-state index in [1.165, 1.54) is 12.1 Å². The summed E-state index contributed by atoms with van der Waals surface area (Å²) >= 11 is 0. The van der Waals surface area contributed by atoms with Crippen LogP contribution in [0.15, 0.2) is 24.3 Å². The summed E-state index contributed by atoms with van der Waals surface area (Å²) in [7, 11) is -3.15. The second-order valence-electron chi connectivity index (χ2n) is 8.12. The number of sulfone groups is 1. The van der Waals surface area contributed by atoms with Crippen LogP contribution in [0, 0.1) is 11.8 Å². The lowest BCUT2D eigenvalue weighted by Gasteiger charge is -2.42. The average molecular weight is 420 g/mol.